The summed E-state index contributed by atoms with van der Waals surface area (Å²) in [6, 6.07) is 18.0. The first kappa shape index (κ1) is 24.6. The standard InChI is InChI=1S/C25H24BrClN2O4/c1-3-31-21-10-8-19(9-11-21)25(30)29-28-15-18-13-22(26)24(23(14-18)32-4-2)33-16-17-6-5-7-20(27)12-17/h5-15H,3-4,16H2,1-2H3,(H,29,30)/b28-15+. The summed E-state index contributed by atoms with van der Waals surface area (Å²) in [6.07, 6.45) is 1.54. The lowest BCUT2D eigenvalue weighted by molar-refractivity contribution is 0.0955. The first-order valence-electron chi connectivity index (χ1n) is 10.4. The molecule has 0 aliphatic rings. The lowest BCUT2D eigenvalue weighted by Gasteiger charge is -2.15. The normalized spacial score (nSPS) is 10.8. The molecule has 3 aromatic rings. The summed E-state index contributed by atoms with van der Waals surface area (Å²) in [6.45, 7) is 5.18. The van der Waals surface area contributed by atoms with E-state index in [2.05, 4.69) is 26.5 Å². The lowest BCUT2D eigenvalue weighted by Crippen LogP contribution is -2.17. The second-order valence-corrected chi connectivity index (χ2v) is 8.13. The highest BCUT2D eigenvalue weighted by Gasteiger charge is 2.13. The van der Waals surface area contributed by atoms with Crippen molar-refractivity contribution in [1.82, 2.24) is 5.43 Å². The van der Waals surface area contributed by atoms with E-state index in [9.17, 15) is 4.79 Å². The zero-order valence-corrected chi connectivity index (χ0v) is 20.7. The van der Waals surface area contributed by atoms with Crippen LogP contribution in [-0.4, -0.2) is 25.3 Å². The van der Waals surface area contributed by atoms with Crippen molar-refractivity contribution in [2.75, 3.05) is 13.2 Å². The molecule has 0 aliphatic heterocycles. The Morgan fingerprint density at radius 2 is 1.79 bits per heavy atom. The molecule has 0 radical (unpaired) electrons. The van der Waals surface area contributed by atoms with Gasteiger partial charge in [-0.1, -0.05) is 23.7 Å². The molecule has 1 N–H and O–H groups in total. The van der Waals surface area contributed by atoms with Crippen LogP contribution < -0.4 is 19.6 Å². The van der Waals surface area contributed by atoms with Gasteiger partial charge < -0.3 is 14.2 Å². The first-order chi connectivity index (χ1) is 16.0. The van der Waals surface area contributed by atoms with Gasteiger partial charge in [0.1, 0.15) is 12.4 Å². The van der Waals surface area contributed by atoms with Crippen LogP contribution >= 0.6 is 27.5 Å². The van der Waals surface area contributed by atoms with Crippen molar-refractivity contribution in [3.05, 3.63) is 86.8 Å². The molecule has 0 bridgehead atoms. The SMILES string of the molecule is CCOc1ccc(C(=O)N/N=C/c2cc(Br)c(OCc3cccc(Cl)c3)c(OCC)c2)cc1. The summed E-state index contributed by atoms with van der Waals surface area (Å²) in [4.78, 5) is 12.3. The van der Waals surface area contributed by atoms with E-state index in [4.69, 9.17) is 25.8 Å². The maximum absolute atomic E-state index is 12.3. The van der Waals surface area contributed by atoms with Gasteiger partial charge in [-0.2, -0.15) is 5.10 Å². The van der Waals surface area contributed by atoms with Crippen molar-refractivity contribution in [1.29, 1.82) is 0 Å². The Bertz CT molecular complexity index is 1120. The number of halogens is 2. The van der Waals surface area contributed by atoms with Gasteiger partial charge in [-0.05, 0) is 89.4 Å². The quantitative estimate of drug-likeness (QED) is 0.248. The van der Waals surface area contributed by atoms with Crippen molar-refractivity contribution < 1.29 is 19.0 Å². The van der Waals surface area contributed by atoms with Gasteiger partial charge in [0.2, 0.25) is 0 Å². The van der Waals surface area contributed by atoms with Crippen LogP contribution in [0, 0.1) is 0 Å². The summed E-state index contributed by atoms with van der Waals surface area (Å²) in [5, 5.41) is 4.72. The molecule has 3 rings (SSSR count). The topological polar surface area (TPSA) is 69.2 Å². The number of carbonyl (C=O) groups is 1. The van der Waals surface area contributed by atoms with Crippen LogP contribution in [0.1, 0.15) is 35.3 Å². The maximum Gasteiger partial charge on any atom is 0.271 e. The monoisotopic (exact) mass is 530 g/mol. The summed E-state index contributed by atoms with van der Waals surface area (Å²) in [5.74, 6) is 1.53. The fourth-order valence-corrected chi connectivity index (χ4v) is 3.73. The smallest absolute Gasteiger partial charge is 0.271 e. The number of amides is 1. The number of ether oxygens (including phenoxy) is 3. The van der Waals surface area contributed by atoms with Gasteiger partial charge in [-0.25, -0.2) is 5.43 Å². The second kappa shape index (κ2) is 12.3. The van der Waals surface area contributed by atoms with Gasteiger partial charge in [0.05, 0.1) is 23.9 Å². The van der Waals surface area contributed by atoms with Gasteiger partial charge in [0, 0.05) is 10.6 Å². The Morgan fingerprint density at radius 3 is 2.48 bits per heavy atom. The second-order valence-electron chi connectivity index (χ2n) is 6.84. The molecular weight excluding hydrogens is 508 g/mol. The van der Waals surface area contributed by atoms with E-state index in [0.717, 1.165) is 11.1 Å². The molecule has 0 atom stereocenters. The molecular formula is C25H24BrClN2O4. The Kier molecular flexibility index (Phi) is 9.15. The largest absolute Gasteiger partial charge is 0.494 e. The molecule has 172 valence electrons. The predicted octanol–water partition coefficient (Wildman–Crippen LogP) is 6.24. The molecule has 8 heteroatoms. The minimum absolute atomic E-state index is 0.320. The number of nitrogens with zero attached hydrogens (tertiary/aromatic N) is 1. The Hall–Kier alpha value is -3.03. The third-order valence-corrected chi connectivity index (χ3v) is 5.24. The maximum atomic E-state index is 12.3. The molecule has 6 nitrogen and oxygen atoms in total. The van der Waals surface area contributed by atoms with Gasteiger partial charge in [-0.15, -0.1) is 0 Å². The molecule has 1 amide bonds. The molecule has 0 aliphatic carbocycles. The van der Waals surface area contributed by atoms with Crippen LogP contribution in [-0.2, 0) is 6.61 Å². The number of rotatable bonds is 10. The van der Waals surface area contributed by atoms with E-state index in [0.29, 0.717) is 52.1 Å². The number of hydrazone groups is 1. The minimum Gasteiger partial charge on any atom is -0.494 e. The molecule has 0 saturated carbocycles. The molecule has 0 unspecified atom stereocenters. The van der Waals surface area contributed by atoms with Crippen LogP contribution in [0.2, 0.25) is 5.02 Å². The lowest BCUT2D eigenvalue weighted by atomic mass is 10.2. The highest BCUT2D eigenvalue weighted by atomic mass is 79.9. The van der Waals surface area contributed by atoms with Crippen molar-refractivity contribution in [3.63, 3.8) is 0 Å². The molecule has 33 heavy (non-hydrogen) atoms. The zero-order chi connectivity index (χ0) is 23.6. The highest BCUT2D eigenvalue weighted by molar-refractivity contribution is 9.10. The van der Waals surface area contributed by atoms with Gasteiger partial charge >= 0.3 is 0 Å². The first-order valence-corrected chi connectivity index (χ1v) is 11.6. The van der Waals surface area contributed by atoms with Gasteiger partial charge in [0.25, 0.3) is 5.91 Å². The van der Waals surface area contributed by atoms with Gasteiger partial charge in [-0.3, -0.25) is 4.79 Å². The molecule has 0 spiro atoms. The number of hydrogen-bond acceptors (Lipinski definition) is 5. The van der Waals surface area contributed by atoms with Crippen LogP contribution in [0.15, 0.2) is 70.2 Å². The number of benzene rings is 3. The van der Waals surface area contributed by atoms with E-state index < -0.39 is 0 Å². The average Bonchev–Trinajstić information content (AvgIpc) is 2.79. The van der Waals surface area contributed by atoms with Crippen molar-refractivity contribution >= 4 is 39.7 Å². The van der Waals surface area contributed by atoms with Crippen LogP contribution in [0.5, 0.6) is 17.2 Å². The summed E-state index contributed by atoms with van der Waals surface area (Å²) >= 11 is 9.59. The van der Waals surface area contributed by atoms with Crippen LogP contribution in [0.4, 0.5) is 0 Å². The molecule has 3 aromatic carbocycles. The van der Waals surface area contributed by atoms with E-state index in [-0.39, 0.29) is 5.91 Å². The fraction of sp³-hybridized carbons (Fsp3) is 0.200. The van der Waals surface area contributed by atoms with E-state index in [1.807, 2.05) is 44.2 Å². The predicted molar refractivity (Wildman–Crippen MR) is 134 cm³/mol. The molecule has 0 fully saturated rings. The Morgan fingerprint density at radius 1 is 1.03 bits per heavy atom. The third kappa shape index (κ3) is 7.23. The van der Waals surface area contributed by atoms with E-state index in [1.165, 1.54) is 0 Å². The van der Waals surface area contributed by atoms with Crippen LogP contribution in [0.25, 0.3) is 0 Å². The van der Waals surface area contributed by atoms with Crippen LogP contribution in [0.3, 0.4) is 0 Å². The fourth-order valence-electron chi connectivity index (χ4n) is 2.95. The van der Waals surface area contributed by atoms with E-state index >= 15 is 0 Å². The molecule has 0 heterocycles. The summed E-state index contributed by atoms with van der Waals surface area (Å²) in [5.41, 5.74) is 4.68. The Balaban J connectivity index is 1.68. The number of hydrogen-bond donors (Lipinski definition) is 1. The summed E-state index contributed by atoms with van der Waals surface area (Å²) in [7, 11) is 0. The van der Waals surface area contributed by atoms with Crippen molar-refractivity contribution in [3.8, 4) is 17.2 Å². The van der Waals surface area contributed by atoms with Crippen molar-refractivity contribution in [2.45, 2.75) is 20.5 Å². The molecule has 0 aromatic heterocycles. The summed E-state index contributed by atoms with van der Waals surface area (Å²) < 4.78 is 17.8. The van der Waals surface area contributed by atoms with E-state index in [1.54, 1.807) is 36.5 Å². The minimum atomic E-state index is -0.320. The van der Waals surface area contributed by atoms with Gasteiger partial charge in [0.15, 0.2) is 11.5 Å². The van der Waals surface area contributed by atoms with Crippen molar-refractivity contribution in [2.24, 2.45) is 5.10 Å². The third-order valence-electron chi connectivity index (χ3n) is 4.41. The zero-order valence-electron chi connectivity index (χ0n) is 18.3. The average molecular weight is 532 g/mol. The Labute approximate surface area is 206 Å². The molecule has 0 saturated heterocycles. The number of carbonyl (C=O) groups excluding carboxylic acids is 1. The highest BCUT2D eigenvalue weighted by Crippen LogP contribution is 2.37. The number of nitrogens with one attached hydrogen (secondary N) is 1.